The van der Waals surface area contributed by atoms with Gasteiger partial charge in [0, 0.05) is 19.5 Å². The van der Waals surface area contributed by atoms with Crippen molar-refractivity contribution < 1.29 is 24.9 Å². The molecule has 1 aliphatic carbocycles. The van der Waals surface area contributed by atoms with Crippen molar-refractivity contribution in [3.63, 3.8) is 0 Å². The van der Waals surface area contributed by atoms with Crippen LogP contribution in [0.1, 0.15) is 38.5 Å². The average Bonchev–Trinajstić information content (AvgIpc) is 2.87. The standard InChI is InChI=1S/C13H21NO5/c15-9-7-14(8-10(9)16)11(17)5-13(6-12(18)19)3-1-2-4-13/h9-10,15-16H,1-8H2,(H,18,19). The summed E-state index contributed by atoms with van der Waals surface area (Å²) in [6.45, 7) is 0.284. The minimum Gasteiger partial charge on any atom is -0.481 e. The Kier molecular flexibility index (Phi) is 4.10. The number of aliphatic hydroxyl groups is 2. The maximum absolute atomic E-state index is 12.2. The van der Waals surface area contributed by atoms with Gasteiger partial charge in [-0.3, -0.25) is 9.59 Å². The number of β-amino-alcohol motifs (C(OH)–C–C–N with tert-alkyl or cyclic N) is 2. The van der Waals surface area contributed by atoms with Crippen LogP contribution in [0.4, 0.5) is 0 Å². The molecule has 1 aliphatic heterocycles. The minimum absolute atomic E-state index is 0.0255. The number of carbonyl (C=O) groups excluding carboxylic acids is 1. The molecule has 2 unspecified atom stereocenters. The van der Waals surface area contributed by atoms with Crippen molar-refractivity contribution in [2.45, 2.75) is 50.7 Å². The highest BCUT2D eigenvalue weighted by atomic mass is 16.4. The molecule has 6 nitrogen and oxygen atoms in total. The van der Waals surface area contributed by atoms with E-state index >= 15 is 0 Å². The summed E-state index contributed by atoms with van der Waals surface area (Å²) in [5.41, 5.74) is -0.429. The number of likely N-dealkylation sites (tertiary alicyclic amines) is 1. The monoisotopic (exact) mass is 271 g/mol. The maximum Gasteiger partial charge on any atom is 0.303 e. The van der Waals surface area contributed by atoms with Crippen LogP contribution in [-0.4, -0.2) is 57.4 Å². The van der Waals surface area contributed by atoms with E-state index in [1.807, 2.05) is 0 Å². The number of aliphatic hydroxyl groups excluding tert-OH is 2. The van der Waals surface area contributed by atoms with Crippen LogP contribution in [-0.2, 0) is 9.59 Å². The Morgan fingerprint density at radius 3 is 2.05 bits per heavy atom. The second-order valence-electron chi connectivity index (χ2n) is 5.89. The highest BCUT2D eigenvalue weighted by molar-refractivity contribution is 5.78. The Morgan fingerprint density at radius 1 is 1.05 bits per heavy atom. The molecule has 2 atom stereocenters. The van der Waals surface area contributed by atoms with Gasteiger partial charge in [-0.05, 0) is 18.3 Å². The number of carboxylic acids is 1. The molecule has 19 heavy (non-hydrogen) atoms. The third-order valence-corrected chi connectivity index (χ3v) is 4.33. The van der Waals surface area contributed by atoms with Gasteiger partial charge in [0.1, 0.15) is 0 Å². The summed E-state index contributed by atoms with van der Waals surface area (Å²) in [6.07, 6.45) is 1.92. The number of rotatable bonds is 4. The van der Waals surface area contributed by atoms with Crippen LogP contribution >= 0.6 is 0 Å². The SMILES string of the molecule is O=C(O)CC1(CC(=O)N2CC(O)C(O)C2)CCCC1. The summed E-state index contributed by atoms with van der Waals surface area (Å²) >= 11 is 0. The molecule has 0 bridgehead atoms. The molecule has 0 aromatic carbocycles. The second-order valence-corrected chi connectivity index (χ2v) is 5.89. The summed E-state index contributed by atoms with van der Waals surface area (Å²) < 4.78 is 0. The van der Waals surface area contributed by atoms with Crippen LogP contribution in [0.2, 0.25) is 0 Å². The van der Waals surface area contributed by atoms with Crippen molar-refractivity contribution >= 4 is 11.9 Å². The second kappa shape index (κ2) is 5.46. The Labute approximate surface area is 112 Å². The first-order valence-corrected chi connectivity index (χ1v) is 6.78. The maximum atomic E-state index is 12.2. The van der Waals surface area contributed by atoms with E-state index in [9.17, 15) is 19.8 Å². The molecular formula is C13H21NO5. The highest BCUT2D eigenvalue weighted by Crippen LogP contribution is 2.44. The fourth-order valence-electron chi connectivity index (χ4n) is 3.27. The zero-order valence-electron chi connectivity index (χ0n) is 10.9. The van der Waals surface area contributed by atoms with Crippen molar-refractivity contribution in [1.82, 2.24) is 4.90 Å². The van der Waals surface area contributed by atoms with E-state index < -0.39 is 23.6 Å². The van der Waals surface area contributed by atoms with E-state index in [4.69, 9.17) is 5.11 Å². The predicted molar refractivity (Wildman–Crippen MR) is 66.4 cm³/mol. The van der Waals surface area contributed by atoms with Crippen LogP contribution in [0.5, 0.6) is 0 Å². The summed E-state index contributed by atoms with van der Waals surface area (Å²) in [5.74, 6) is -1.02. The molecular weight excluding hydrogens is 250 g/mol. The summed E-state index contributed by atoms with van der Waals surface area (Å²) in [5, 5.41) is 27.9. The van der Waals surface area contributed by atoms with E-state index in [0.29, 0.717) is 0 Å². The minimum atomic E-state index is -0.886. The lowest BCUT2D eigenvalue weighted by Gasteiger charge is -2.28. The van der Waals surface area contributed by atoms with Crippen LogP contribution in [0, 0.1) is 5.41 Å². The predicted octanol–water partition coefficient (Wildman–Crippen LogP) is -0.0244. The summed E-state index contributed by atoms with van der Waals surface area (Å²) in [6, 6.07) is 0. The summed E-state index contributed by atoms with van der Waals surface area (Å²) in [7, 11) is 0. The first kappa shape index (κ1) is 14.3. The van der Waals surface area contributed by atoms with Crippen molar-refractivity contribution in [3.05, 3.63) is 0 Å². The topological polar surface area (TPSA) is 98.1 Å². The van der Waals surface area contributed by atoms with Crippen LogP contribution < -0.4 is 0 Å². The van der Waals surface area contributed by atoms with Crippen molar-refractivity contribution in [2.24, 2.45) is 5.41 Å². The van der Waals surface area contributed by atoms with Gasteiger partial charge < -0.3 is 20.2 Å². The number of hydrogen-bond acceptors (Lipinski definition) is 4. The van der Waals surface area contributed by atoms with E-state index in [0.717, 1.165) is 25.7 Å². The van der Waals surface area contributed by atoms with Gasteiger partial charge in [-0.15, -0.1) is 0 Å². The van der Waals surface area contributed by atoms with Crippen molar-refractivity contribution in [2.75, 3.05) is 13.1 Å². The average molecular weight is 271 g/mol. The lowest BCUT2D eigenvalue weighted by Crippen LogP contribution is -2.35. The fourth-order valence-corrected chi connectivity index (χ4v) is 3.27. The van der Waals surface area contributed by atoms with Gasteiger partial charge in [-0.1, -0.05) is 12.8 Å². The molecule has 2 rings (SSSR count). The van der Waals surface area contributed by atoms with Gasteiger partial charge in [-0.25, -0.2) is 0 Å². The van der Waals surface area contributed by atoms with Gasteiger partial charge in [-0.2, -0.15) is 0 Å². The van der Waals surface area contributed by atoms with E-state index in [1.54, 1.807) is 0 Å². The Hall–Kier alpha value is -1.14. The molecule has 0 aromatic rings. The number of hydrogen-bond donors (Lipinski definition) is 3. The molecule has 3 N–H and O–H groups in total. The molecule has 1 amide bonds. The largest absolute Gasteiger partial charge is 0.481 e. The third kappa shape index (κ3) is 3.25. The number of aliphatic carboxylic acids is 1. The number of amides is 1. The smallest absolute Gasteiger partial charge is 0.303 e. The van der Waals surface area contributed by atoms with E-state index in [2.05, 4.69) is 0 Å². The Balaban J connectivity index is 1.98. The fraction of sp³-hybridized carbons (Fsp3) is 0.846. The summed E-state index contributed by atoms with van der Waals surface area (Å²) in [4.78, 5) is 24.6. The van der Waals surface area contributed by atoms with Crippen LogP contribution in [0.15, 0.2) is 0 Å². The normalized spacial score (nSPS) is 29.7. The number of nitrogens with zero attached hydrogens (tertiary/aromatic N) is 1. The first-order chi connectivity index (χ1) is 8.92. The zero-order chi connectivity index (χ0) is 14.0. The molecule has 108 valence electrons. The third-order valence-electron chi connectivity index (χ3n) is 4.33. The molecule has 6 heteroatoms. The molecule has 1 saturated heterocycles. The Bertz CT molecular complexity index is 354. The molecule has 1 heterocycles. The lowest BCUT2D eigenvalue weighted by molar-refractivity contribution is -0.141. The van der Waals surface area contributed by atoms with Crippen LogP contribution in [0.3, 0.4) is 0 Å². The molecule has 2 fully saturated rings. The molecule has 0 radical (unpaired) electrons. The molecule has 0 aromatic heterocycles. The quantitative estimate of drug-likeness (QED) is 0.667. The molecule has 2 aliphatic rings. The first-order valence-electron chi connectivity index (χ1n) is 6.78. The van der Waals surface area contributed by atoms with Crippen molar-refractivity contribution in [1.29, 1.82) is 0 Å². The van der Waals surface area contributed by atoms with Gasteiger partial charge in [0.25, 0.3) is 0 Å². The van der Waals surface area contributed by atoms with Gasteiger partial charge in [0.2, 0.25) is 5.91 Å². The van der Waals surface area contributed by atoms with Gasteiger partial charge >= 0.3 is 5.97 Å². The lowest BCUT2D eigenvalue weighted by atomic mass is 9.79. The highest BCUT2D eigenvalue weighted by Gasteiger charge is 2.41. The number of carbonyl (C=O) groups is 2. The van der Waals surface area contributed by atoms with Crippen molar-refractivity contribution in [3.8, 4) is 0 Å². The van der Waals surface area contributed by atoms with Gasteiger partial charge in [0.15, 0.2) is 0 Å². The van der Waals surface area contributed by atoms with E-state index in [1.165, 1.54) is 4.90 Å². The van der Waals surface area contributed by atoms with E-state index in [-0.39, 0.29) is 31.8 Å². The Morgan fingerprint density at radius 2 is 1.58 bits per heavy atom. The van der Waals surface area contributed by atoms with Crippen LogP contribution in [0.25, 0.3) is 0 Å². The zero-order valence-corrected chi connectivity index (χ0v) is 10.9. The van der Waals surface area contributed by atoms with Gasteiger partial charge in [0.05, 0.1) is 18.6 Å². The molecule has 0 spiro atoms. The molecule has 1 saturated carbocycles. The number of carboxylic acid groups (broad SMARTS) is 1.